The minimum absolute atomic E-state index is 0.135. The van der Waals surface area contributed by atoms with Crippen molar-refractivity contribution in [2.24, 2.45) is 15.9 Å². The van der Waals surface area contributed by atoms with Crippen LogP contribution in [0.25, 0.3) is 0 Å². The normalized spacial score (nSPS) is 32.6. The Morgan fingerprint density at radius 3 is 2.86 bits per heavy atom. The number of piperidine rings is 1. The molecular weight excluding hydrogens is 532 g/mol. The molecular formula is C37H44N4O2. The van der Waals surface area contributed by atoms with E-state index in [1.807, 2.05) is 19.3 Å². The van der Waals surface area contributed by atoms with Crippen LogP contribution >= 0.6 is 0 Å². The minimum Gasteiger partial charge on any atom is -0.466 e. The molecule has 1 saturated heterocycles. The molecule has 6 nitrogen and oxygen atoms in total. The summed E-state index contributed by atoms with van der Waals surface area (Å²) >= 11 is 0. The lowest BCUT2D eigenvalue weighted by molar-refractivity contribution is -0.147. The highest BCUT2D eigenvalue weighted by Crippen LogP contribution is 2.52. The number of hydrogen-bond donors (Lipinski definition) is 0. The van der Waals surface area contributed by atoms with Gasteiger partial charge in [0.1, 0.15) is 5.54 Å². The summed E-state index contributed by atoms with van der Waals surface area (Å²) in [7, 11) is 0. The van der Waals surface area contributed by atoms with E-state index in [1.54, 1.807) is 5.56 Å². The Labute approximate surface area is 256 Å². The number of anilines is 1. The van der Waals surface area contributed by atoms with Gasteiger partial charge >= 0.3 is 5.97 Å². The van der Waals surface area contributed by atoms with Crippen LogP contribution in [-0.4, -0.2) is 67.2 Å². The zero-order valence-electron chi connectivity index (χ0n) is 25.8. The van der Waals surface area contributed by atoms with Gasteiger partial charge in [0.15, 0.2) is 0 Å². The number of likely N-dealkylation sites (N-methyl/N-ethyl adjacent to an activating group) is 2. The molecule has 0 N–H and O–H groups in total. The van der Waals surface area contributed by atoms with Crippen LogP contribution in [0, 0.1) is 5.92 Å². The number of rotatable bonds is 5. The molecule has 4 aliphatic heterocycles. The molecule has 7 rings (SSSR count). The molecule has 4 heterocycles. The quantitative estimate of drug-likeness (QED) is 0.367. The second-order valence-corrected chi connectivity index (χ2v) is 12.7. The fourth-order valence-electron chi connectivity index (χ4n) is 8.40. The Morgan fingerprint density at radius 1 is 1.12 bits per heavy atom. The van der Waals surface area contributed by atoms with E-state index < -0.39 is 5.54 Å². The Balaban J connectivity index is 1.24. The Kier molecular flexibility index (Phi) is 7.58. The summed E-state index contributed by atoms with van der Waals surface area (Å²) in [6.07, 6.45) is 21.4. The van der Waals surface area contributed by atoms with E-state index in [0.29, 0.717) is 31.4 Å². The van der Waals surface area contributed by atoms with E-state index in [0.717, 1.165) is 38.2 Å². The van der Waals surface area contributed by atoms with E-state index in [4.69, 9.17) is 9.73 Å². The van der Waals surface area contributed by atoms with Crippen molar-refractivity contribution in [3.63, 3.8) is 0 Å². The van der Waals surface area contributed by atoms with Crippen LogP contribution in [0.2, 0.25) is 0 Å². The van der Waals surface area contributed by atoms with Gasteiger partial charge < -0.3 is 14.5 Å². The number of hydrogen-bond acceptors (Lipinski definition) is 6. The number of fused-ring (bicyclic) bond motifs is 4. The van der Waals surface area contributed by atoms with E-state index in [-0.39, 0.29) is 17.8 Å². The van der Waals surface area contributed by atoms with Crippen LogP contribution in [0.1, 0.15) is 75.8 Å². The van der Waals surface area contributed by atoms with Crippen molar-refractivity contribution in [1.82, 2.24) is 4.90 Å². The molecule has 6 heteroatoms. The van der Waals surface area contributed by atoms with Crippen LogP contribution in [-0.2, 0) is 9.53 Å². The van der Waals surface area contributed by atoms with Crippen molar-refractivity contribution in [2.45, 2.75) is 76.3 Å². The maximum atomic E-state index is 12.7. The average Bonchev–Trinajstić information content (AvgIpc) is 3.52. The van der Waals surface area contributed by atoms with Gasteiger partial charge in [0, 0.05) is 54.8 Å². The molecule has 5 atom stereocenters. The predicted molar refractivity (Wildman–Crippen MR) is 175 cm³/mol. The lowest BCUT2D eigenvalue weighted by atomic mass is 9.69. The van der Waals surface area contributed by atoms with E-state index in [1.165, 1.54) is 40.9 Å². The number of esters is 1. The smallest absolute Gasteiger partial charge is 0.309 e. The van der Waals surface area contributed by atoms with Crippen LogP contribution in [0.15, 0.2) is 87.6 Å². The third kappa shape index (κ3) is 4.79. The zero-order valence-corrected chi connectivity index (χ0v) is 25.8. The van der Waals surface area contributed by atoms with Crippen molar-refractivity contribution in [2.75, 3.05) is 37.7 Å². The van der Waals surface area contributed by atoms with Crippen LogP contribution in [0.4, 0.5) is 5.69 Å². The lowest BCUT2D eigenvalue weighted by Gasteiger charge is -2.38. The third-order valence-electron chi connectivity index (χ3n) is 10.6. The van der Waals surface area contributed by atoms with E-state index in [2.05, 4.69) is 83.3 Å². The summed E-state index contributed by atoms with van der Waals surface area (Å²) in [4.78, 5) is 27.9. The fourth-order valence-corrected chi connectivity index (χ4v) is 8.40. The summed E-state index contributed by atoms with van der Waals surface area (Å²) in [5, 5.41) is 0. The lowest BCUT2D eigenvalue weighted by Crippen LogP contribution is -2.48. The summed E-state index contributed by atoms with van der Waals surface area (Å²) in [5.41, 5.74) is 8.84. The number of likely N-dealkylation sites (tertiary alicyclic amines) is 1. The van der Waals surface area contributed by atoms with Crippen molar-refractivity contribution in [3.05, 3.63) is 88.7 Å². The number of carbonyl (C=O) groups is 1. The van der Waals surface area contributed by atoms with Crippen molar-refractivity contribution < 1.29 is 9.53 Å². The summed E-state index contributed by atoms with van der Waals surface area (Å²) in [6.45, 7) is 11.4. The molecule has 1 fully saturated rings. The number of nitrogens with zero attached hydrogens (tertiary/aromatic N) is 4. The molecule has 224 valence electrons. The second kappa shape index (κ2) is 11.5. The third-order valence-corrected chi connectivity index (χ3v) is 10.6. The van der Waals surface area contributed by atoms with Crippen LogP contribution in [0.3, 0.4) is 0 Å². The number of aliphatic imine (C=N–C) groups is 2. The molecule has 0 bridgehead atoms. The highest BCUT2D eigenvalue weighted by Gasteiger charge is 2.46. The number of allylic oxidation sites excluding steroid dienone is 5. The zero-order chi connectivity index (χ0) is 29.6. The first kappa shape index (κ1) is 28.3. The van der Waals surface area contributed by atoms with Gasteiger partial charge in [0.2, 0.25) is 0 Å². The molecule has 1 aromatic carbocycles. The number of benzene rings is 1. The largest absolute Gasteiger partial charge is 0.466 e. The van der Waals surface area contributed by atoms with Gasteiger partial charge in [0.05, 0.1) is 12.5 Å². The highest BCUT2D eigenvalue weighted by atomic mass is 16.5. The van der Waals surface area contributed by atoms with Crippen LogP contribution < -0.4 is 4.90 Å². The molecule has 2 aliphatic carbocycles. The predicted octanol–water partition coefficient (Wildman–Crippen LogP) is 6.68. The molecule has 5 unspecified atom stereocenters. The van der Waals surface area contributed by atoms with Crippen molar-refractivity contribution in [1.29, 1.82) is 0 Å². The Bertz CT molecular complexity index is 1510. The van der Waals surface area contributed by atoms with Crippen LogP contribution in [0.5, 0.6) is 0 Å². The molecule has 43 heavy (non-hydrogen) atoms. The van der Waals surface area contributed by atoms with Crippen molar-refractivity contribution >= 4 is 23.6 Å². The van der Waals surface area contributed by atoms with Gasteiger partial charge in [-0.25, -0.2) is 0 Å². The van der Waals surface area contributed by atoms with Gasteiger partial charge in [-0.3, -0.25) is 14.8 Å². The van der Waals surface area contributed by atoms with Gasteiger partial charge in [-0.1, -0.05) is 43.4 Å². The average molecular weight is 577 g/mol. The topological polar surface area (TPSA) is 57.5 Å². The Hall–Kier alpha value is -3.51. The van der Waals surface area contributed by atoms with E-state index >= 15 is 0 Å². The molecule has 1 spiro atoms. The summed E-state index contributed by atoms with van der Waals surface area (Å²) < 4.78 is 5.39. The second-order valence-electron chi connectivity index (χ2n) is 12.7. The molecule has 1 aromatic rings. The van der Waals surface area contributed by atoms with Gasteiger partial charge in [-0.05, 0) is 105 Å². The molecule has 0 saturated carbocycles. The molecule has 0 radical (unpaired) electrons. The summed E-state index contributed by atoms with van der Waals surface area (Å²) in [6, 6.07) is 7.91. The van der Waals surface area contributed by atoms with Crippen molar-refractivity contribution in [3.8, 4) is 0 Å². The molecule has 0 aromatic heterocycles. The Morgan fingerprint density at radius 2 is 2.02 bits per heavy atom. The summed E-state index contributed by atoms with van der Waals surface area (Å²) in [5.74, 6) is 0.561. The minimum atomic E-state index is -0.453. The number of carbonyl (C=O) groups excluding carboxylic acids is 1. The monoisotopic (exact) mass is 576 g/mol. The maximum absolute atomic E-state index is 12.7. The highest BCUT2D eigenvalue weighted by molar-refractivity contribution is 6.07. The standard InChI is InChI=1S/C37H44N4O2/c1-4-40-20-16-29-31-22-26(11-13-34(31)41(5-2)35(29)24-40)27-21-28-9-7-8-17-37(28)32(23-27)30-15-19-38-18-14-25(36(42)43-6-3)10-12-33(30)39-37/h7-9,11,13,15,17-19,21-22,25,27,29,35H,4-6,10,12,14,16,20,23-24H2,1-3H3/b19-15-,38-18+. The molecule has 6 aliphatic rings. The van der Waals surface area contributed by atoms with Gasteiger partial charge in [0.25, 0.3) is 0 Å². The maximum Gasteiger partial charge on any atom is 0.309 e. The first-order valence-electron chi connectivity index (χ1n) is 16.4. The molecule has 0 amide bonds. The SMILES string of the molecule is CCOC(=O)C1C/C=N/C=C\C2=C3CC(c4ccc5c(c4)C4CCN(CC)CC4N5CC)C=C4C=CC=CC43N=C2CC1. The first-order chi connectivity index (χ1) is 21.1. The first-order valence-corrected chi connectivity index (χ1v) is 16.4. The van der Waals surface area contributed by atoms with Gasteiger partial charge in [-0.2, -0.15) is 0 Å². The fraction of sp³-hybridized carbons (Fsp3) is 0.486. The van der Waals surface area contributed by atoms with Gasteiger partial charge in [-0.15, -0.1) is 0 Å². The van der Waals surface area contributed by atoms with E-state index in [9.17, 15) is 4.79 Å². The number of ether oxygens (including phenoxy) is 1.